The van der Waals surface area contributed by atoms with E-state index in [-0.39, 0.29) is 10.6 Å². The molecule has 17 heavy (non-hydrogen) atoms. The lowest BCUT2D eigenvalue weighted by Gasteiger charge is -1.97. The van der Waals surface area contributed by atoms with Crippen molar-refractivity contribution in [2.75, 3.05) is 0 Å². The van der Waals surface area contributed by atoms with Gasteiger partial charge in [-0.15, -0.1) is 11.3 Å². The first kappa shape index (κ1) is 11.5. The zero-order valence-electron chi connectivity index (χ0n) is 9.16. The number of hydrogen-bond donors (Lipinski definition) is 0. The maximum absolute atomic E-state index is 11.0. The molecule has 4 nitrogen and oxygen atoms in total. The third-order valence-electron chi connectivity index (χ3n) is 2.18. The third-order valence-corrected chi connectivity index (χ3v) is 3.04. The smallest absolute Gasteiger partial charge is 0.258 e. The molecule has 0 fully saturated rings. The van der Waals surface area contributed by atoms with Gasteiger partial charge in [0, 0.05) is 12.3 Å². The van der Waals surface area contributed by atoms with Crippen LogP contribution in [-0.2, 0) is 0 Å². The molecule has 0 atom stereocenters. The largest absolute Gasteiger partial charge is 0.278 e. The van der Waals surface area contributed by atoms with E-state index in [4.69, 9.17) is 0 Å². The van der Waals surface area contributed by atoms with Crippen molar-refractivity contribution in [2.45, 2.75) is 6.92 Å². The summed E-state index contributed by atoms with van der Waals surface area (Å²) in [7, 11) is 0. The van der Waals surface area contributed by atoms with Gasteiger partial charge in [0.1, 0.15) is 0 Å². The van der Waals surface area contributed by atoms with Gasteiger partial charge in [0.2, 0.25) is 0 Å². The fraction of sp³-hybridized carbons (Fsp3) is 0.0833. The van der Waals surface area contributed by atoms with Crippen LogP contribution in [0.4, 0.5) is 0 Å². The van der Waals surface area contributed by atoms with E-state index in [1.807, 2.05) is 13.0 Å². The van der Waals surface area contributed by atoms with Crippen molar-refractivity contribution in [3.63, 3.8) is 0 Å². The number of aromatic nitrogens is 1. The molecule has 0 aliphatic heterocycles. The second kappa shape index (κ2) is 4.88. The average molecular weight is 246 g/mol. The van der Waals surface area contributed by atoms with Crippen LogP contribution in [0.25, 0.3) is 11.8 Å². The first-order valence-corrected chi connectivity index (χ1v) is 5.82. The predicted molar refractivity (Wildman–Crippen MR) is 68.2 cm³/mol. The van der Waals surface area contributed by atoms with Crippen LogP contribution in [0.1, 0.15) is 15.4 Å². The monoisotopic (exact) mass is 246 g/mol. The molecule has 5 heteroatoms. The SMILES string of the molecule is Cc1ncc(C=C(c2ccccc2)[N+](=O)[O-])s1. The van der Waals surface area contributed by atoms with Gasteiger partial charge in [-0.1, -0.05) is 18.2 Å². The zero-order valence-corrected chi connectivity index (χ0v) is 9.98. The number of hydrogen-bond acceptors (Lipinski definition) is 4. The van der Waals surface area contributed by atoms with Crippen molar-refractivity contribution in [1.29, 1.82) is 0 Å². The van der Waals surface area contributed by atoms with Crippen molar-refractivity contribution in [1.82, 2.24) is 4.98 Å². The van der Waals surface area contributed by atoms with Crippen molar-refractivity contribution in [3.8, 4) is 0 Å². The minimum atomic E-state index is -0.371. The molecule has 1 aromatic carbocycles. The van der Waals surface area contributed by atoms with E-state index >= 15 is 0 Å². The van der Waals surface area contributed by atoms with Gasteiger partial charge in [0.05, 0.1) is 20.4 Å². The number of nitro groups is 1. The molecule has 1 heterocycles. The van der Waals surface area contributed by atoms with Crippen molar-refractivity contribution >= 4 is 23.1 Å². The molecule has 0 unspecified atom stereocenters. The highest BCUT2D eigenvalue weighted by Crippen LogP contribution is 2.21. The normalized spacial score (nSPS) is 11.5. The van der Waals surface area contributed by atoms with Crippen molar-refractivity contribution in [2.24, 2.45) is 0 Å². The lowest BCUT2D eigenvalue weighted by molar-refractivity contribution is -0.374. The van der Waals surface area contributed by atoms with E-state index in [2.05, 4.69) is 4.98 Å². The van der Waals surface area contributed by atoms with Gasteiger partial charge in [-0.3, -0.25) is 10.1 Å². The minimum absolute atomic E-state index is 0.0919. The van der Waals surface area contributed by atoms with Gasteiger partial charge in [-0.25, -0.2) is 4.98 Å². The van der Waals surface area contributed by atoms with Gasteiger partial charge in [-0.2, -0.15) is 0 Å². The molecule has 0 bridgehead atoms. The molecule has 86 valence electrons. The molecule has 0 radical (unpaired) electrons. The Morgan fingerprint density at radius 2 is 2.12 bits per heavy atom. The van der Waals surface area contributed by atoms with Gasteiger partial charge in [0.15, 0.2) is 0 Å². The molecule has 2 rings (SSSR count). The molecule has 2 aromatic rings. The van der Waals surface area contributed by atoms with Gasteiger partial charge in [-0.05, 0) is 19.1 Å². The highest BCUT2D eigenvalue weighted by Gasteiger charge is 2.14. The van der Waals surface area contributed by atoms with Crippen LogP contribution in [0, 0.1) is 17.0 Å². The molecular weight excluding hydrogens is 236 g/mol. The number of aryl methyl sites for hydroxylation is 1. The summed E-state index contributed by atoms with van der Waals surface area (Å²) >= 11 is 1.44. The quantitative estimate of drug-likeness (QED) is 0.617. The second-order valence-corrected chi connectivity index (χ2v) is 4.70. The van der Waals surface area contributed by atoms with E-state index < -0.39 is 0 Å². The van der Waals surface area contributed by atoms with Crippen molar-refractivity contribution in [3.05, 3.63) is 62.1 Å². The highest BCUT2D eigenvalue weighted by atomic mass is 32.1. The van der Waals surface area contributed by atoms with E-state index in [9.17, 15) is 10.1 Å². The van der Waals surface area contributed by atoms with Crippen LogP contribution >= 0.6 is 11.3 Å². The molecular formula is C12H10N2O2S. The Kier molecular flexibility index (Phi) is 3.30. The summed E-state index contributed by atoms with van der Waals surface area (Å²) in [4.78, 5) is 15.5. The Morgan fingerprint density at radius 3 is 2.65 bits per heavy atom. The van der Waals surface area contributed by atoms with Crippen LogP contribution in [-0.4, -0.2) is 9.91 Å². The number of thiazole rings is 1. The Hall–Kier alpha value is -2.01. The fourth-order valence-electron chi connectivity index (χ4n) is 1.43. The van der Waals surface area contributed by atoms with Crippen LogP contribution in [0.2, 0.25) is 0 Å². The van der Waals surface area contributed by atoms with Gasteiger partial charge in [0.25, 0.3) is 5.70 Å². The highest BCUT2D eigenvalue weighted by molar-refractivity contribution is 7.12. The van der Waals surface area contributed by atoms with E-state index in [1.54, 1.807) is 36.5 Å². The molecule has 0 saturated heterocycles. The van der Waals surface area contributed by atoms with Crippen LogP contribution in [0.3, 0.4) is 0 Å². The zero-order chi connectivity index (χ0) is 12.3. The van der Waals surface area contributed by atoms with Crippen LogP contribution < -0.4 is 0 Å². The lowest BCUT2D eigenvalue weighted by atomic mass is 10.1. The fourth-order valence-corrected chi connectivity index (χ4v) is 2.15. The molecule has 0 saturated carbocycles. The standard InChI is InChI=1S/C12H10N2O2S/c1-9-13-8-11(17-9)7-12(14(15)16)10-5-3-2-4-6-10/h2-8H,1H3. The van der Waals surface area contributed by atoms with E-state index in [0.717, 1.165) is 9.88 Å². The first-order chi connectivity index (χ1) is 8.16. The lowest BCUT2D eigenvalue weighted by Crippen LogP contribution is -1.96. The summed E-state index contributed by atoms with van der Waals surface area (Å²) < 4.78 is 0. The average Bonchev–Trinajstić information content (AvgIpc) is 2.73. The Labute approximate surface area is 102 Å². The molecule has 0 N–H and O–H groups in total. The number of nitrogens with zero attached hydrogens (tertiary/aromatic N) is 2. The molecule has 0 spiro atoms. The number of rotatable bonds is 3. The van der Waals surface area contributed by atoms with Crippen LogP contribution in [0.15, 0.2) is 36.5 Å². The molecule has 0 aliphatic carbocycles. The summed E-state index contributed by atoms with van der Waals surface area (Å²) in [6, 6.07) is 8.85. The van der Waals surface area contributed by atoms with E-state index in [1.165, 1.54) is 11.3 Å². The molecule has 1 aromatic heterocycles. The maximum Gasteiger partial charge on any atom is 0.278 e. The van der Waals surface area contributed by atoms with Crippen LogP contribution in [0.5, 0.6) is 0 Å². The summed E-state index contributed by atoms with van der Waals surface area (Å²) in [5, 5.41) is 11.9. The minimum Gasteiger partial charge on any atom is -0.258 e. The summed E-state index contributed by atoms with van der Waals surface area (Å²) in [6.45, 7) is 1.87. The Balaban J connectivity index is 2.43. The first-order valence-electron chi connectivity index (χ1n) is 5.01. The number of benzene rings is 1. The summed E-state index contributed by atoms with van der Waals surface area (Å²) in [6.07, 6.45) is 3.20. The Bertz CT molecular complexity index is 561. The molecule has 0 aliphatic rings. The topological polar surface area (TPSA) is 56.0 Å². The predicted octanol–water partition coefficient (Wildman–Crippen LogP) is 3.23. The summed E-state index contributed by atoms with van der Waals surface area (Å²) in [5.41, 5.74) is 0.692. The summed E-state index contributed by atoms with van der Waals surface area (Å²) in [5.74, 6) is 0. The van der Waals surface area contributed by atoms with Crippen molar-refractivity contribution < 1.29 is 4.92 Å². The second-order valence-electron chi connectivity index (χ2n) is 3.43. The third kappa shape index (κ3) is 2.76. The van der Waals surface area contributed by atoms with Gasteiger partial charge >= 0.3 is 0 Å². The molecule has 0 amide bonds. The maximum atomic E-state index is 11.0. The van der Waals surface area contributed by atoms with E-state index in [0.29, 0.717) is 5.56 Å². The Morgan fingerprint density at radius 1 is 1.41 bits per heavy atom. The van der Waals surface area contributed by atoms with Gasteiger partial charge < -0.3 is 0 Å².